The van der Waals surface area contributed by atoms with Gasteiger partial charge in [0.15, 0.2) is 5.82 Å². The SMILES string of the molecule is Cc1nc(-c2ncc(C)[nH]2)cc(C2CCN(S(=O)(=O)N(C)C)C2)n1. The molecule has 24 heavy (non-hydrogen) atoms. The molecule has 1 N–H and O–H groups in total. The van der Waals surface area contributed by atoms with Gasteiger partial charge in [-0.3, -0.25) is 0 Å². The molecule has 0 amide bonds. The van der Waals surface area contributed by atoms with Crippen LogP contribution >= 0.6 is 0 Å². The molecule has 1 unspecified atom stereocenters. The van der Waals surface area contributed by atoms with E-state index in [2.05, 4.69) is 19.9 Å². The molecule has 3 heterocycles. The molecule has 0 radical (unpaired) electrons. The minimum atomic E-state index is -3.38. The number of aromatic amines is 1. The predicted octanol–water partition coefficient (Wildman–Crippen LogP) is 1.08. The molecule has 1 aliphatic rings. The van der Waals surface area contributed by atoms with Crippen molar-refractivity contribution in [2.75, 3.05) is 27.2 Å². The highest BCUT2D eigenvalue weighted by Gasteiger charge is 2.34. The third-order valence-electron chi connectivity index (χ3n) is 4.16. The molecule has 1 saturated heterocycles. The molecular weight excluding hydrogens is 328 g/mol. The summed E-state index contributed by atoms with van der Waals surface area (Å²) in [5.74, 6) is 1.43. The van der Waals surface area contributed by atoms with Crippen LogP contribution in [-0.4, -0.2) is 64.1 Å². The summed E-state index contributed by atoms with van der Waals surface area (Å²) in [4.78, 5) is 16.4. The molecular formula is C15H22N6O2S. The second kappa shape index (κ2) is 6.23. The van der Waals surface area contributed by atoms with Gasteiger partial charge in [-0.05, 0) is 26.3 Å². The van der Waals surface area contributed by atoms with Gasteiger partial charge in [0.1, 0.15) is 11.5 Å². The maximum Gasteiger partial charge on any atom is 0.281 e. The Morgan fingerprint density at radius 1 is 1.29 bits per heavy atom. The molecule has 0 aliphatic carbocycles. The molecule has 9 heteroatoms. The number of aryl methyl sites for hydroxylation is 2. The summed E-state index contributed by atoms with van der Waals surface area (Å²) in [7, 11) is -0.281. The van der Waals surface area contributed by atoms with Gasteiger partial charge in [0, 0.05) is 50.7 Å². The number of H-pyrrole nitrogens is 1. The highest BCUT2D eigenvalue weighted by Crippen LogP contribution is 2.29. The van der Waals surface area contributed by atoms with Crippen molar-refractivity contribution in [1.82, 2.24) is 28.5 Å². The summed E-state index contributed by atoms with van der Waals surface area (Å²) >= 11 is 0. The smallest absolute Gasteiger partial charge is 0.281 e. The lowest BCUT2D eigenvalue weighted by atomic mass is 10.0. The summed E-state index contributed by atoms with van der Waals surface area (Å²) in [6.45, 7) is 4.72. The summed E-state index contributed by atoms with van der Waals surface area (Å²) in [5.41, 5.74) is 2.56. The van der Waals surface area contributed by atoms with E-state index in [9.17, 15) is 8.42 Å². The fourth-order valence-corrected chi connectivity index (χ4v) is 4.04. The largest absolute Gasteiger partial charge is 0.341 e. The third kappa shape index (κ3) is 3.19. The second-order valence-corrected chi connectivity index (χ2v) is 8.42. The quantitative estimate of drug-likeness (QED) is 0.890. The van der Waals surface area contributed by atoms with Crippen LogP contribution in [0.3, 0.4) is 0 Å². The van der Waals surface area contributed by atoms with Crippen LogP contribution in [0, 0.1) is 13.8 Å². The van der Waals surface area contributed by atoms with Gasteiger partial charge in [-0.15, -0.1) is 0 Å². The van der Waals surface area contributed by atoms with Gasteiger partial charge >= 0.3 is 0 Å². The van der Waals surface area contributed by atoms with Crippen LogP contribution in [-0.2, 0) is 10.2 Å². The van der Waals surface area contributed by atoms with E-state index in [4.69, 9.17) is 0 Å². The van der Waals surface area contributed by atoms with Gasteiger partial charge in [0.05, 0.1) is 0 Å². The van der Waals surface area contributed by atoms with Crippen LogP contribution < -0.4 is 0 Å². The molecule has 0 aromatic carbocycles. The van der Waals surface area contributed by atoms with Gasteiger partial charge in [-0.2, -0.15) is 17.0 Å². The van der Waals surface area contributed by atoms with Crippen molar-refractivity contribution in [2.45, 2.75) is 26.2 Å². The number of rotatable bonds is 4. The number of aromatic nitrogens is 4. The monoisotopic (exact) mass is 350 g/mol. The zero-order valence-electron chi connectivity index (χ0n) is 14.3. The van der Waals surface area contributed by atoms with E-state index >= 15 is 0 Å². The van der Waals surface area contributed by atoms with Crippen LogP contribution in [0.15, 0.2) is 12.3 Å². The van der Waals surface area contributed by atoms with Gasteiger partial charge in [0.2, 0.25) is 0 Å². The molecule has 0 spiro atoms. The Kier molecular flexibility index (Phi) is 4.41. The lowest BCUT2D eigenvalue weighted by molar-refractivity contribution is 0.418. The maximum atomic E-state index is 12.3. The first-order chi connectivity index (χ1) is 11.3. The third-order valence-corrected chi connectivity index (χ3v) is 6.07. The summed E-state index contributed by atoms with van der Waals surface area (Å²) in [6.07, 6.45) is 2.51. The van der Waals surface area contributed by atoms with Crippen molar-refractivity contribution in [3.63, 3.8) is 0 Å². The lowest BCUT2D eigenvalue weighted by Gasteiger charge is -2.20. The van der Waals surface area contributed by atoms with Gasteiger partial charge in [-0.1, -0.05) is 0 Å². The van der Waals surface area contributed by atoms with Crippen LogP contribution in [0.4, 0.5) is 0 Å². The molecule has 2 aromatic rings. The molecule has 1 fully saturated rings. The lowest BCUT2D eigenvalue weighted by Crippen LogP contribution is -2.38. The highest BCUT2D eigenvalue weighted by atomic mass is 32.2. The number of nitrogens with one attached hydrogen (secondary N) is 1. The number of nitrogens with zero attached hydrogens (tertiary/aromatic N) is 5. The molecule has 1 aliphatic heterocycles. The molecule has 130 valence electrons. The predicted molar refractivity (Wildman–Crippen MR) is 90.6 cm³/mol. The first kappa shape index (κ1) is 17.0. The number of hydrogen-bond acceptors (Lipinski definition) is 5. The Balaban J connectivity index is 1.87. The van der Waals surface area contributed by atoms with Crippen molar-refractivity contribution < 1.29 is 8.42 Å². The fourth-order valence-electron chi connectivity index (χ4n) is 2.87. The highest BCUT2D eigenvalue weighted by molar-refractivity contribution is 7.86. The van der Waals surface area contributed by atoms with Crippen molar-refractivity contribution in [2.24, 2.45) is 0 Å². The molecule has 0 saturated carbocycles. The molecule has 2 aromatic heterocycles. The summed E-state index contributed by atoms with van der Waals surface area (Å²) in [5, 5.41) is 0. The van der Waals surface area contributed by atoms with E-state index in [1.807, 2.05) is 19.9 Å². The topological polar surface area (TPSA) is 95.1 Å². The normalized spacial score (nSPS) is 19.3. The van der Waals surface area contributed by atoms with Crippen molar-refractivity contribution in [3.05, 3.63) is 29.5 Å². The summed E-state index contributed by atoms with van der Waals surface area (Å²) in [6, 6.07) is 1.90. The van der Waals surface area contributed by atoms with Crippen molar-refractivity contribution in [3.8, 4) is 11.5 Å². The Hall–Kier alpha value is -1.84. The van der Waals surface area contributed by atoms with E-state index in [0.717, 1.165) is 23.5 Å². The Bertz CT molecular complexity index is 845. The van der Waals surface area contributed by atoms with Gasteiger partial charge in [0.25, 0.3) is 10.2 Å². The van der Waals surface area contributed by atoms with Crippen LogP contribution in [0.25, 0.3) is 11.5 Å². The van der Waals surface area contributed by atoms with Crippen molar-refractivity contribution >= 4 is 10.2 Å². The molecule has 0 bridgehead atoms. The van der Waals surface area contributed by atoms with Gasteiger partial charge < -0.3 is 4.98 Å². The van der Waals surface area contributed by atoms with E-state index in [1.54, 1.807) is 20.3 Å². The summed E-state index contributed by atoms with van der Waals surface area (Å²) < 4.78 is 27.3. The van der Waals surface area contributed by atoms with E-state index in [-0.39, 0.29) is 5.92 Å². The van der Waals surface area contributed by atoms with Crippen LogP contribution in [0.1, 0.15) is 29.6 Å². The Morgan fingerprint density at radius 2 is 2.04 bits per heavy atom. The molecule has 8 nitrogen and oxygen atoms in total. The average Bonchev–Trinajstić information content (AvgIpc) is 3.15. The second-order valence-electron chi connectivity index (χ2n) is 6.27. The zero-order valence-corrected chi connectivity index (χ0v) is 15.1. The molecule has 1 atom stereocenters. The van der Waals surface area contributed by atoms with E-state index in [0.29, 0.717) is 24.7 Å². The minimum Gasteiger partial charge on any atom is -0.341 e. The van der Waals surface area contributed by atoms with Crippen molar-refractivity contribution in [1.29, 1.82) is 0 Å². The standard InChI is InChI=1S/C15H22N6O2S/c1-10-8-16-15(17-10)14-7-13(18-11(2)19-14)12-5-6-21(9-12)24(22,23)20(3)4/h7-8,12H,5-6,9H2,1-4H3,(H,16,17). The fraction of sp³-hybridized carbons (Fsp3) is 0.533. The zero-order chi connectivity index (χ0) is 17.5. The first-order valence-electron chi connectivity index (χ1n) is 7.82. The maximum absolute atomic E-state index is 12.3. The van der Waals surface area contributed by atoms with Crippen LogP contribution in [0.2, 0.25) is 0 Å². The van der Waals surface area contributed by atoms with E-state index < -0.39 is 10.2 Å². The van der Waals surface area contributed by atoms with E-state index in [1.165, 1.54) is 8.61 Å². The van der Waals surface area contributed by atoms with Crippen LogP contribution in [0.5, 0.6) is 0 Å². The average molecular weight is 350 g/mol. The number of hydrogen-bond donors (Lipinski definition) is 1. The first-order valence-corrected chi connectivity index (χ1v) is 9.22. The number of imidazole rings is 1. The Labute approximate surface area is 142 Å². The minimum absolute atomic E-state index is 0.0660. The Morgan fingerprint density at radius 3 is 2.67 bits per heavy atom. The van der Waals surface area contributed by atoms with Gasteiger partial charge in [-0.25, -0.2) is 15.0 Å². The molecule has 3 rings (SSSR count).